The molecule has 2 aromatic rings. The quantitative estimate of drug-likeness (QED) is 0.635. The standard InChI is InChI=1S/C23H28N2O5/c1-5-29-17-10-8-16(9-11-17)20-19(21(26)18-12-7-15(2)30-18)22(27)23(28)25(20)14-6-13-24(3)4/h7-12,20,27H,5-6,13-14H2,1-4H3/t20-/m0/s1. The number of furan rings is 1. The minimum absolute atomic E-state index is 0.0448. The molecule has 3 rings (SSSR count). The molecule has 0 radical (unpaired) electrons. The monoisotopic (exact) mass is 412 g/mol. The molecular weight excluding hydrogens is 384 g/mol. The van der Waals surface area contributed by atoms with Gasteiger partial charge in [0.1, 0.15) is 11.5 Å². The van der Waals surface area contributed by atoms with Gasteiger partial charge in [0.25, 0.3) is 5.91 Å². The van der Waals surface area contributed by atoms with Crippen LogP contribution in [0.25, 0.3) is 0 Å². The third kappa shape index (κ3) is 4.41. The van der Waals surface area contributed by atoms with Crippen LogP contribution in [0.15, 0.2) is 52.1 Å². The van der Waals surface area contributed by atoms with Crippen molar-refractivity contribution in [3.8, 4) is 5.75 Å². The molecule has 7 nitrogen and oxygen atoms in total. The zero-order chi connectivity index (χ0) is 21.8. The van der Waals surface area contributed by atoms with Crippen LogP contribution in [0.2, 0.25) is 0 Å². The van der Waals surface area contributed by atoms with E-state index in [1.54, 1.807) is 36.1 Å². The first kappa shape index (κ1) is 21.6. The first-order valence-corrected chi connectivity index (χ1v) is 10.1. The van der Waals surface area contributed by atoms with Crippen molar-refractivity contribution in [1.29, 1.82) is 0 Å². The third-order valence-electron chi connectivity index (χ3n) is 5.02. The van der Waals surface area contributed by atoms with Gasteiger partial charge in [-0.15, -0.1) is 0 Å². The van der Waals surface area contributed by atoms with E-state index in [9.17, 15) is 14.7 Å². The molecule has 1 atom stereocenters. The maximum atomic E-state index is 13.2. The summed E-state index contributed by atoms with van der Waals surface area (Å²) in [5.74, 6) is -0.149. The van der Waals surface area contributed by atoms with E-state index in [4.69, 9.17) is 9.15 Å². The number of Topliss-reactive ketones (excluding diaryl/α,β-unsaturated/α-hetero) is 1. The summed E-state index contributed by atoms with van der Waals surface area (Å²) in [5, 5.41) is 10.6. The highest BCUT2D eigenvalue weighted by Crippen LogP contribution is 2.39. The lowest BCUT2D eigenvalue weighted by atomic mass is 9.95. The molecule has 0 spiro atoms. The van der Waals surface area contributed by atoms with Gasteiger partial charge in [0.05, 0.1) is 18.2 Å². The van der Waals surface area contributed by atoms with Gasteiger partial charge in [-0.1, -0.05) is 12.1 Å². The van der Waals surface area contributed by atoms with E-state index >= 15 is 0 Å². The number of aliphatic hydroxyl groups excluding tert-OH is 1. The summed E-state index contributed by atoms with van der Waals surface area (Å²) < 4.78 is 11.0. The first-order valence-electron chi connectivity index (χ1n) is 10.1. The van der Waals surface area contributed by atoms with Gasteiger partial charge in [-0.2, -0.15) is 0 Å². The number of amides is 1. The van der Waals surface area contributed by atoms with E-state index in [0.29, 0.717) is 31.1 Å². The Hall–Kier alpha value is -3.06. The molecule has 30 heavy (non-hydrogen) atoms. The molecule has 1 aromatic carbocycles. The molecule has 7 heteroatoms. The van der Waals surface area contributed by atoms with E-state index in [2.05, 4.69) is 0 Å². The van der Waals surface area contributed by atoms with Crippen LogP contribution < -0.4 is 4.74 Å². The molecule has 0 unspecified atom stereocenters. The van der Waals surface area contributed by atoms with Crippen molar-refractivity contribution in [1.82, 2.24) is 9.80 Å². The van der Waals surface area contributed by atoms with Gasteiger partial charge in [0, 0.05) is 6.54 Å². The maximum absolute atomic E-state index is 13.2. The van der Waals surface area contributed by atoms with Crippen molar-refractivity contribution in [2.24, 2.45) is 0 Å². The molecule has 1 N–H and O–H groups in total. The van der Waals surface area contributed by atoms with Crippen molar-refractivity contribution >= 4 is 11.7 Å². The van der Waals surface area contributed by atoms with Gasteiger partial charge in [-0.05, 0) is 70.7 Å². The molecule has 1 amide bonds. The second-order valence-electron chi connectivity index (χ2n) is 7.56. The summed E-state index contributed by atoms with van der Waals surface area (Å²) in [5.41, 5.74) is 0.774. The largest absolute Gasteiger partial charge is 0.503 e. The summed E-state index contributed by atoms with van der Waals surface area (Å²) in [6.45, 7) is 5.37. The number of hydrogen-bond donors (Lipinski definition) is 1. The Morgan fingerprint density at radius 1 is 1.20 bits per heavy atom. The summed E-state index contributed by atoms with van der Waals surface area (Å²) in [7, 11) is 3.92. The summed E-state index contributed by atoms with van der Waals surface area (Å²) in [4.78, 5) is 29.6. The fourth-order valence-electron chi connectivity index (χ4n) is 3.62. The highest BCUT2D eigenvalue weighted by atomic mass is 16.5. The molecule has 0 saturated heterocycles. The molecular formula is C23H28N2O5. The van der Waals surface area contributed by atoms with Gasteiger partial charge in [0.15, 0.2) is 11.5 Å². The molecule has 160 valence electrons. The summed E-state index contributed by atoms with van der Waals surface area (Å²) in [6, 6.07) is 9.80. The lowest BCUT2D eigenvalue weighted by Crippen LogP contribution is -2.33. The van der Waals surface area contributed by atoms with Crippen molar-refractivity contribution in [3.63, 3.8) is 0 Å². The number of benzene rings is 1. The summed E-state index contributed by atoms with van der Waals surface area (Å²) >= 11 is 0. The Kier molecular flexibility index (Phi) is 6.62. The smallest absolute Gasteiger partial charge is 0.290 e. The van der Waals surface area contributed by atoms with E-state index in [0.717, 1.165) is 12.1 Å². The van der Waals surface area contributed by atoms with Crippen LogP contribution in [0, 0.1) is 6.92 Å². The van der Waals surface area contributed by atoms with Crippen molar-refractivity contribution in [2.45, 2.75) is 26.3 Å². The maximum Gasteiger partial charge on any atom is 0.290 e. The molecule has 1 aromatic heterocycles. The van der Waals surface area contributed by atoms with Crippen molar-refractivity contribution in [3.05, 3.63) is 64.8 Å². The second-order valence-corrected chi connectivity index (χ2v) is 7.56. The number of aryl methyl sites for hydroxylation is 1. The van der Waals surface area contributed by atoms with Gasteiger partial charge < -0.3 is 24.1 Å². The Labute approximate surface area is 176 Å². The average molecular weight is 412 g/mol. The van der Waals surface area contributed by atoms with Crippen LogP contribution in [0.1, 0.15) is 41.3 Å². The number of carbonyl (C=O) groups excluding carboxylic acids is 2. The Balaban J connectivity index is 1.98. The highest BCUT2D eigenvalue weighted by Gasteiger charge is 2.44. The van der Waals surface area contributed by atoms with E-state index in [1.807, 2.05) is 38.1 Å². The average Bonchev–Trinajstić information content (AvgIpc) is 3.25. The number of carbonyl (C=O) groups is 2. The van der Waals surface area contributed by atoms with Crippen molar-refractivity contribution in [2.75, 3.05) is 33.8 Å². The molecule has 1 aliphatic rings. The first-order chi connectivity index (χ1) is 14.3. The highest BCUT2D eigenvalue weighted by molar-refractivity contribution is 6.15. The lowest BCUT2D eigenvalue weighted by molar-refractivity contribution is -0.129. The number of rotatable bonds is 9. The molecule has 0 saturated carbocycles. The van der Waals surface area contributed by atoms with Gasteiger partial charge in [0.2, 0.25) is 5.78 Å². The summed E-state index contributed by atoms with van der Waals surface area (Å²) in [6.07, 6.45) is 0.709. The second kappa shape index (κ2) is 9.17. The number of ketones is 1. The number of nitrogens with zero attached hydrogens (tertiary/aromatic N) is 2. The Morgan fingerprint density at radius 2 is 1.90 bits per heavy atom. The normalized spacial score (nSPS) is 16.6. The number of hydrogen-bond acceptors (Lipinski definition) is 6. The predicted octanol–water partition coefficient (Wildman–Crippen LogP) is 3.52. The van der Waals surface area contributed by atoms with Crippen LogP contribution in [0.4, 0.5) is 0 Å². The van der Waals surface area contributed by atoms with Crippen LogP contribution in [-0.4, -0.2) is 60.4 Å². The lowest BCUT2D eigenvalue weighted by Gasteiger charge is -2.27. The predicted molar refractivity (Wildman–Crippen MR) is 113 cm³/mol. The zero-order valence-corrected chi connectivity index (χ0v) is 17.8. The Morgan fingerprint density at radius 3 is 2.47 bits per heavy atom. The number of ether oxygens (including phenoxy) is 1. The molecule has 0 aliphatic carbocycles. The van der Waals surface area contributed by atoms with Crippen LogP contribution >= 0.6 is 0 Å². The van der Waals surface area contributed by atoms with Gasteiger partial charge >= 0.3 is 0 Å². The van der Waals surface area contributed by atoms with E-state index < -0.39 is 23.5 Å². The molecule has 1 aliphatic heterocycles. The van der Waals surface area contributed by atoms with Crippen molar-refractivity contribution < 1.29 is 23.8 Å². The fraction of sp³-hybridized carbons (Fsp3) is 0.391. The van der Waals surface area contributed by atoms with E-state index in [-0.39, 0.29) is 11.3 Å². The topological polar surface area (TPSA) is 83.2 Å². The molecule has 2 heterocycles. The fourth-order valence-corrected chi connectivity index (χ4v) is 3.62. The minimum Gasteiger partial charge on any atom is -0.503 e. The SMILES string of the molecule is CCOc1ccc([C@H]2C(C(=O)c3ccc(C)o3)=C(O)C(=O)N2CCCN(C)C)cc1. The number of aliphatic hydroxyl groups is 1. The van der Waals surface area contributed by atoms with Gasteiger partial charge in [-0.3, -0.25) is 9.59 Å². The Bertz CT molecular complexity index is 943. The van der Waals surface area contributed by atoms with Crippen LogP contribution in [0.5, 0.6) is 5.75 Å². The molecule has 0 bridgehead atoms. The van der Waals surface area contributed by atoms with Crippen LogP contribution in [-0.2, 0) is 4.79 Å². The minimum atomic E-state index is -0.687. The van der Waals surface area contributed by atoms with E-state index in [1.165, 1.54) is 0 Å². The van der Waals surface area contributed by atoms with Gasteiger partial charge in [-0.25, -0.2) is 0 Å². The molecule has 0 fully saturated rings. The third-order valence-corrected chi connectivity index (χ3v) is 5.02. The zero-order valence-electron chi connectivity index (χ0n) is 17.8. The van der Waals surface area contributed by atoms with Crippen LogP contribution in [0.3, 0.4) is 0 Å².